The zero-order valence-electron chi connectivity index (χ0n) is 27.1. The van der Waals surface area contributed by atoms with Gasteiger partial charge in [-0.3, -0.25) is 0 Å². The predicted molar refractivity (Wildman–Crippen MR) is 196 cm³/mol. The molecule has 5 aromatic carbocycles. The molecule has 46 heavy (non-hydrogen) atoms. The maximum absolute atomic E-state index is 10.4. The highest BCUT2D eigenvalue weighted by molar-refractivity contribution is 6.47. The third-order valence-corrected chi connectivity index (χ3v) is 9.71. The highest BCUT2D eigenvalue weighted by atomic mass is 16.5. The van der Waals surface area contributed by atoms with Gasteiger partial charge in [-0.2, -0.15) is 0 Å². The molecule has 0 saturated heterocycles. The Morgan fingerprint density at radius 1 is 0.630 bits per heavy atom. The molecule has 0 fully saturated rings. The molecule has 0 unspecified atom stereocenters. The van der Waals surface area contributed by atoms with Crippen molar-refractivity contribution in [2.45, 2.75) is 51.7 Å². The Bertz CT molecular complexity index is 2090. The van der Waals surface area contributed by atoms with Crippen LogP contribution in [0.5, 0.6) is 0 Å². The van der Waals surface area contributed by atoms with Crippen molar-refractivity contribution in [1.82, 2.24) is 4.57 Å². The molecular weight excluding hydrogens is 561 g/mol. The van der Waals surface area contributed by atoms with Gasteiger partial charge in [0.15, 0.2) is 0 Å². The number of benzene rings is 5. The van der Waals surface area contributed by atoms with Gasteiger partial charge in [0.05, 0.1) is 22.2 Å². The SMILES string of the molecule is CC(C)(O)C(C)(C)OBc1ccc(-c2cccc(-c3ccc4c5ccccc5n(C5=CC(c6ccccc6)=CCC5)c4c3)c2)cc1. The van der Waals surface area contributed by atoms with Crippen LogP contribution in [0.2, 0.25) is 0 Å². The molecule has 0 amide bonds. The molecule has 1 aliphatic carbocycles. The Morgan fingerprint density at radius 3 is 2.02 bits per heavy atom. The zero-order valence-corrected chi connectivity index (χ0v) is 27.1. The smallest absolute Gasteiger partial charge is 0.309 e. The van der Waals surface area contributed by atoms with E-state index in [-0.39, 0.29) is 0 Å². The Hall–Kier alpha value is -4.64. The van der Waals surface area contributed by atoms with E-state index in [1.54, 1.807) is 13.8 Å². The van der Waals surface area contributed by atoms with Gasteiger partial charge in [-0.1, -0.05) is 115 Å². The summed E-state index contributed by atoms with van der Waals surface area (Å²) in [5.74, 6) is 0. The van der Waals surface area contributed by atoms with E-state index in [4.69, 9.17) is 4.65 Å². The van der Waals surface area contributed by atoms with E-state index < -0.39 is 11.2 Å². The second kappa shape index (κ2) is 11.9. The number of para-hydroxylation sites is 1. The summed E-state index contributed by atoms with van der Waals surface area (Å²) in [7, 11) is 0.449. The molecule has 0 saturated carbocycles. The topological polar surface area (TPSA) is 34.4 Å². The molecule has 4 heteroatoms. The number of hydrogen-bond acceptors (Lipinski definition) is 2. The molecule has 3 nitrogen and oxygen atoms in total. The van der Waals surface area contributed by atoms with Crippen molar-refractivity contribution in [3.63, 3.8) is 0 Å². The van der Waals surface area contributed by atoms with E-state index in [0.29, 0.717) is 7.48 Å². The zero-order chi connectivity index (χ0) is 31.9. The lowest BCUT2D eigenvalue weighted by Gasteiger charge is -2.37. The van der Waals surface area contributed by atoms with Gasteiger partial charge in [0.25, 0.3) is 0 Å². The first-order valence-electron chi connectivity index (χ1n) is 16.2. The molecular formula is C42H40BNO2. The van der Waals surface area contributed by atoms with Crippen LogP contribution in [-0.4, -0.2) is 28.4 Å². The number of fused-ring (bicyclic) bond motifs is 3. The molecule has 228 valence electrons. The van der Waals surface area contributed by atoms with Crippen molar-refractivity contribution in [2.75, 3.05) is 0 Å². The summed E-state index contributed by atoms with van der Waals surface area (Å²) in [6, 6.07) is 43.7. The molecule has 1 aromatic heterocycles. The molecule has 1 heterocycles. The van der Waals surface area contributed by atoms with E-state index >= 15 is 0 Å². The van der Waals surface area contributed by atoms with Gasteiger partial charge < -0.3 is 14.3 Å². The lowest BCUT2D eigenvalue weighted by molar-refractivity contribution is -0.0893. The van der Waals surface area contributed by atoms with Gasteiger partial charge >= 0.3 is 7.48 Å². The summed E-state index contributed by atoms with van der Waals surface area (Å²) < 4.78 is 8.56. The Morgan fingerprint density at radius 2 is 1.26 bits per heavy atom. The van der Waals surface area contributed by atoms with Crippen LogP contribution in [0, 0.1) is 0 Å². The van der Waals surface area contributed by atoms with Crippen molar-refractivity contribution in [1.29, 1.82) is 0 Å². The largest absolute Gasteiger partial charge is 0.427 e. The fraction of sp³-hybridized carbons (Fsp3) is 0.190. The minimum absolute atomic E-state index is 0.449. The van der Waals surface area contributed by atoms with Gasteiger partial charge in [-0.25, -0.2) is 0 Å². The van der Waals surface area contributed by atoms with E-state index in [9.17, 15) is 5.11 Å². The molecule has 1 N–H and O–H groups in total. The van der Waals surface area contributed by atoms with Crippen LogP contribution in [0.15, 0.2) is 133 Å². The average Bonchev–Trinajstić information content (AvgIpc) is 3.41. The molecule has 6 aromatic rings. The second-order valence-electron chi connectivity index (χ2n) is 13.4. The molecule has 0 bridgehead atoms. The minimum atomic E-state index is -0.930. The molecule has 7 rings (SSSR count). The highest BCUT2D eigenvalue weighted by Crippen LogP contribution is 2.38. The number of allylic oxidation sites excluding steroid dienone is 4. The van der Waals surface area contributed by atoms with Crippen molar-refractivity contribution >= 4 is 46.0 Å². The Labute approximate surface area is 272 Å². The summed E-state index contributed by atoms with van der Waals surface area (Å²) in [6.45, 7) is 7.42. The van der Waals surface area contributed by atoms with Crippen LogP contribution in [0.3, 0.4) is 0 Å². The van der Waals surface area contributed by atoms with Crippen molar-refractivity contribution in [2.24, 2.45) is 0 Å². The third-order valence-electron chi connectivity index (χ3n) is 9.71. The number of hydrogen-bond donors (Lipinski definition) is 1. The summed E-state index contributed by atoms with van der Waals surface area (Å²) in [5.41, 5.74) is 10.6. The standard InChI is InChI=1S/C42H40BNO2/c1-41(2,45)42(3,4)46-43-35-23-20-30(21-24-35)31-14-10-15-32(26-31)34-22-25-38-37-18-8-9-19-39(37)44(40(38)28-34)36-17-11-16-33(27-36)29-12-6-5-7-13-29/h5-10,12-16,18-28,43,45H,11,17H2,1-4H3. The lowest BCUT2D eigenvalue weighted by Crippen LogP contribution is -2.49. The Balaban J connectivity index is 1.23. The third kappa shape index (κ3) is 5.75. The Kier molecular flexibility index (Phi) is 7.80. The van der Waals surface area contributed by atoms with Gasteiger partial charge in [0.2, 0.25) is 0 Å². The lowest BCUT2D eigenvalue weighted by atomic mass is 9.82. The second-order valence-corrected chi connectivity index (χ2v) is 13.4. The van der Waals surface area contributed by atoms with Crippen molar-refractivity contribution in [3.05, 3.63) is 139 Å². The summed E-state index contributed by atoms with van der Waals surface area (Å²) in [5, 5.41) is 13.0. The number of nitrogens with zero attached hydrogens (tertiary/aromatic N) is 1. The van der Waals surface area contributed by atoms with Crippen LogP contribution in [0.25, 0.3) is 55.3 Å². The van der Waals surface area contributed by atoms with Crippen LogP contribution in [-0.2, 0) is 4.65 Å². The highest BCUT2D eigenvalue weighted by Gasteiger charge is 2.35. The summed E-state index contributed by atoms with van der Waals surface area (Å²) >= 11 is 0. The van der Waals surface area contributed by atoms with Crippen molar-refractivity contribution in [3.8, 4) is 22.3 Å². The minimum Gasteiger partial charge on any atom is -0.427 e. The maximum Gasteiger partial charge on any atom is 0.309 e. The average molecular weight is 602 g/mol. The molecule has 1 aliphatic rings. The van der Waals surface area contributed by atoms with Gasteiger partial charge in [0, 0.05) is 16.5 Å². The van der Waals surface area contributed by atoms with Gasteiger partial charge in [-0.15, -0.1) is 0 Å². The maximum atomic E-state index is 10.4. The first kappa shape index (κ1) is 30.0. The quantitative estimate of drug-likeness (QED) is 0.176. The first-order chi connectivity index (χ1) is 22.2. The van der Waals surface area contributed by atoms with E-state index in [1.807, 2.05) is 13.8 Å². The van der Waals surface area contributed by atoms with Gasteiger partial charge in [0.1, 0.15) is 0 Å². The monoisotopic (exact) mass is 601 g/mol. The first-order valence-corrected chi connectivity index (χ1v) is 16.2. The summed E-state index contributed by atoms with van der Waals surface area (Å²) in [4.78, 5) is 0. The number of rotatable bonds is 8. The van der Waals surface area contributed by atoms with E-state index in [2.05, 4.69) is 138 Å². The number of aromatic nitrogens is 1. The summed E-state index contributed by atoms with van der Waals surface area (Å²) in [6.07, 6.45) is 6.76. The molecule has 0 aliphatic heterocycles. The molecule has 0 radical (unpaired) electrons. The van der Waals surface area contributed by atoms with Crippen LogP contribution < -0.4 is 5.46 Å². The van der Waals surface area contributed by atoms with E-state index in [0.717, 1.165) is 23.9 Å². The number of aliphatic hydroxyl groups is 1. The van der Waals surface area contributed by atoms with Gasteiger partial charge in [-0.05, 0) is 98.2 Å². The molecule has 0 atom stereocenters. The fourth-order valence-electron chi connectivity index (χ4n) is 6.27. The molecule has 0 spiro atoms. The van der Waals surface area contributed by atoms with E-state index in [1.165, 1.54) is 55.3 Å². The predicted octanol–water partition coefficient (Wildman–Crippen LogP) is 9.39. The van der Waals surface area contributed by atoms with Crippen molar-refractivity contribution < 1.29 is 9.76 Å². The van der Waals surface area contributed by atoms with Crippen LogP contribution in [0.1, 0.15) is 46.1 Å². The fourth-order valence-corrected chi connectivity index (χ4v) is 6.27. The van der Waals surface area contributed by atoms with Crippen LogP contribution >= 0.6 is 0 Å². The van der Waals surface area contributed by atoms with Crippen LogP contribution in [0.4, 0.5) is 0 Å². The normalized spacial score (nSPS) is 13.9.